The number of hydrogen-bond acceptors (Lipinski definition) is 3. The summed E-state index contributed by atoms with van der Waals surface area (Å²) in [7, 11) is 0. The van der Waals surface area contributed by atoms with E-state index < -0.39 is 0 Å². The lowest BCUT2D eigenvalue weighted by molar-refractivity contribution is -0.00347. The number of nitrogens with one attached hydrogen (secondary N) is 1. The second kappa shape index (κ2) is 10.4. The van der Waals surface area contributed by atoms with Crippen molar-refractivity contribution in [1.29, 1.82) is 0 Å². The minimum atomic E-state index is -0.0417. The normalized spacial score (nSPS) is 19.2. The van der Waals surface area contributed by atoms with Crippen LogP contribution in [0.5, 0.6) is 0 Å². The van der Waals surface area contributed by atoms with E-state index in [0.717, 1.165) is 60.6 Å². The highest BCUT2D eigenvalue weighted by Gasteiger charge is 2.28. The lowest BCUT2D eigenvalue weighted by atomic mass is 9.89. The average molecular weight is 503 g/mol. The number of rotatable bonds is 6. The van der Waals surface area contributed by atoms with Crippen molar-refractivity contribution >= 4 is 17.3 Å². The van der Waals surface area contributed by atoms with Gasteiger partial charge in [-0.05, 0) is 69.2 Å². The second-order valence-corrected chi connectivity index (χ2v) is 11.1. The van der Waals surface area contributed by atoms with E-state index in [9.17, 15) is 9.59 Å². The Labute approximate surface area is 218 Å². The molecule has 7 heteroatoms. The zero-order chi connectivity index (χ0) is 25.4. The molecule has 37 heavy (non-hydrogen) atoms. The van der Waals surface area contributed by atoms with Gasteiger partial charge in [-0.15, -0.1) is 0 Å². The van der Waals surface area contributed by atoms with Crippen LogP contribution >= 0.6 is 0 Å². The van der Waals surface area contributed by atoms with Crippen molar-refractivity contribution in [1.82, 2.24) is 19.2 Å². The van der Waals surface area contributed by atoms with Crippen molar-refractivity contribution in [3.05, 3.63) is 53.3 Å². The fourth-order valence-corrected chi connectivity index (χ4v) is 6.32. The van der Waals surface area contributed by atoms with Crippen molar-refractivity contribution in [2.24, 2.45) is 5.92 Å². The Bertz CT molecular complexity index is 1290. The highest BCUT2D eigenvalue weighted by molar-refractivity contribution is 6.03. The third-order valence-electron chi connectivity index (χ3n) is 8.56. The third-order valence-corrected chi connectivity index (χ3v) is 8.56. The molecule has 2 aliphatic heterocycles. The Morgan fingerprint density at radius 1 is 0.946 bits per heavy atom. The minimum Gasteiger partial charge on any atom is -0.377 e. The van der Waals surface area contributed by atoms with Crippen LogP contribution < -0.4 is 5.32 Å². The molecule has 3 aromatic heterocycles. The van der Waals surface area contributed by atoms with E-state index in [4.69, 9.17) is 4.74 Å². The summed E-state index contributed by atoms with van der Waals surface area (Å²) in [6, 6.07) is 10.2. The van der Waals surface area contributed by atoms with Crippen LogP contribution in [0.2, 0.25) is 0 Å². The van der Waals surface area contributed by atoms with Crippen LogP contribution in [0.4, 0.5) is 0 Å². The Morgan fingerprint density at radius 2 is 1.68 bits per heavy atom. The molecule has 0 aromatic carbocycles. The van der Waals surface area contributed by atoms with Crippen LogP contribution in [0, 0.1) is 12.8 Å². The van der Waals surface area contributed by atoms with Crippen LogP contribution in [0.25, 0.3) is 16.9 Å². The number of likely N-dealkylation sites (tertiary alicyclic amines) is 1. The van der Waals surface area contributed by atoms with Crippen molar-refractivity contribution < 1.29 is 14.3 Å². The van der Waals surface area contributed by atoms with Crippen molar-refractivity contribution in [2.75, 3.05) is 26.3 Å². The van der Waals surface area contributed by atoms with E-state index in [-0.39, 0.29) is 17.9 Å². The summed E-state index contributed by atoms with van der Waals surface area (Å²) in [5.41, 5.74) is 5.37. The van der Waals surface area contributed by atoms with Crippen molar-refractivity contribution in [2.45, 2.75) is 70.9 Å². The smallest absolute Gasteiger partial charge is 0.256 e. The van der Waals surface area contributed by atoms with Gasteiger partial charge in [0.25, 0.3) is 11.8 Å². The molecule has 0 radical (unpaired) electrons. The Morgan fingerprint density at radius 3 is 2.41 bits per heavy atom. The lowest BCUT2D eigenvalue weighted by Crippen LogP contribution is -2.48. The number of hydrogen-bond donors (Lipinski definition) is 1. The molecule has 1 N–H and O–H groups in total. The van der Waals surface area contributed by atoms with Gasteiger partial charge in [0.15, 0.2) is 0 Å². The van der Waals surface area contributed by atoms with Gasteiger partial charge in [0.05, 0.1) is 47.3 Å². The number of carbonyl (C=O) groups is 2. The van der Waals surface area contributed by atoms with Crippen LogP contribution in [0.1, 0.15) is 77.8 Å². The topological polar surface area (TPSA) is 68.0 Å². The van der Waals surface area contributed by atoms with Gasteiger partial charge >= 0.3 is 0 Å². The lowest BCUT2D eigenvalue weighted by Gasteiger charge is -2.27. The zero-order valence-corrected chi connectivity index (χ0v) is 21.9. The summed E-state index contributed by atoms with van der Waals surface area (Å²) in [5, 5.41) is 3.13. The first kappa shape index (κ1) is 24.3. The van der Waals surface area contributed by atoms with E-state index in [1.165, 1.54) is 38.5 Å². The summed E-state index contributed by atoms with van der Waals surface area (Å²) in [5.74, 6) is 0.676. The van der Waals surface area contributed by atoms with Crippen LogP contribution in [-0.4, -0.2) is 58.0 Å². The highest BCUT2D eigenvalue weighted by atomic mass is 16.5. The van der Waals surface area contributed by atoms with Crippen LogP contribution in [0.3, 0.4) is 0 Å². The number of aromatic nitrogens is 2. The number of fused-ring (bicyclic) bond motifs is 1. The maximum Gasteiger partial charge on any atom is 0.256 e. The molecule has 0 spiro atoms. The van der Waals surface area contributed by atoms with Gasteiger partial charge in [-0.25, -0.2) is 0 Å². The van der Waals surface area contributed by atoms with Gasteiger partial charge in [-0.3, -0.25) is 9.59 Å². The largest absolute Gasteiger partial charge is 0.377 e. The summed E-state index contributed by atoms with van der Waals surface area (Å²) >= 11 is 0. The van der Waals surface area contributed by atoms with Gasteiger partial charge < -0.3 is 23.9 Å². The first-order chi connectivity index (χ1) is 18.1. The van der Waals surface area contributed by atoms with E-state index >= 15 is 0 Å². The maximum atomic E-state index is 13.6. The molecule has 0 atom stereocenters. The first-order valence-electron chi connectivity index (χ1n) is 14.1. The number of carbonyl (C=O) groups excluding carboxylic acids is 2. The molecule has 2 amide bonds. The quantitative estimate of drug-likeness (QED) is 0.513. The van der Waals surface area contributed by atoms with Gasteiger partial charge in [-0.1, -0.05) is 25.3 Å². The number of ether oxygens (including phenoxy) is 1. The number of nitrogens with zero attached hydrogens (tertiary/aromatic N) is 3. The van der Waals surface area contributed by atoms with Crippen LogP contribution in [0.15, 0.2) is 36.5 Å². The van der Waals surface area contributed by atoms with E-state index in [0.29, 0.717) is 24.7 Å². The minimum absolute atomic E-state index is 0.0417. The Hall–Kier alpha value is -3.06. The SMILES string of the molecule is Cc1c(C(=O)NC2COC2)cc(-c2cc(C(=O)N3CCCCC3)c3ccccn23)n1CC1CCCCC1. The van der Waals surface area contributed by atoms with Crippen molar-refractivity contribution in [3.63, 3.8) is 0 Å². The number of piperidine rings is 1. The first-order valence-corrected chi connectivity index (χ1v) is 14.1. The van der Waals surface area contributed by atoms with Crippen LogP contribution in [-0.2, 0) is 11.3 Å². The molecule has 3 fully saturated rings. The molecule has 2 saturated heterocycles. The number of amides is 2. The van der Waals surface area contributed by atoms with Gasteiger partial charge in [0.1, 0.15) is 0 Å². The van der Waals surface area contributed by atoms with Gasteiger partial charge in [-0.2, -0.15) is 0 Å². The molecule has 0 unspecified atom stereocenters. The fraction of sp³-hybridized carbons (Fsp3) is 0.533. The molecule has 6 rings (SSSR count). The summed E-state index contributed by atoms with van der Waals surface area (Å²) in [6.07, 6.45) is 11.7. The van der Waals surface area contributed by atoms with Crippen molar-refractivity contribution in [3.8, 4) is 11.4 Å². The molecule has 1 aliphatic carbocycles. The third kappa shape index (κ3) is 4.70. The summed E-state index contributed by atoms with van der Waals surface area (Å²) in [6.45, 7) is 5.76. The van der Waals surface area contributed by atoms with E-state index in [1.54, 1.807) is 0 Å². The monoisotopic (exact) mass is 502 g/mol. The summed E-state index contributed by atoms with van der Waals surface area (Å²) < 4.78 is 9.73. The molecule has 7 nitrogen and oxygen atoms in total. The molecule has 3 aliphatic rings. The zero-order valence-electron chi connectivity index (χ0n) is 21.9. The molecule has 1 saturated carbocycles. The highest BCUT2D eigenvalue weighted by Crippen LogP contribution is 2.34. The molecular weight excluding hydrogens is 464 g/mol. The van der Waals surface area contributed by atoms with E-state index in [1.807, 2.05) is 35.4 Å². The second-order valence-electron chi connectivity index (χ2n) is 11.1. The molecule has 5 heterocycles. The molecular formula is C30H38N4O3. The maximum absolute atomic E-state index is 13.6. The van der Waals surface area contributed by atoms with E-state index in [2.05, 4.69) is 27.3 Å². The molecule has 0 bridgehead atoms. The Kier molecular flexibility index (Phi) is 6.80. The van der Waals surface area contributed by atoms with Gasteiger partial charge in [0.2, 0.25) is 0 Å². The molecule has 3 aromatic rings. The average Bonchev–Trinajstić information content (AvgIpc) is 3.45. The summed E-state index contributed by atoms with van der Waals surface area (Å²) in [4.78, 5) is 28.9. The number of pyridine rings is 1. The van der Waals surface area contributed by atoms with Gasteiger partial charge in [0, 0.05) is 31.5 Å². The standard InChI is InChI=1S/C30H38N4O3/c1-21-24(29(35)31-23-19-37-20-23)16-28(34(21)18-22-10-4-2-5-11-22)27-17-25(26-12-6-9-15-33(26)27)30(36)32-13-7-3-8-14-32/h6,9,12,15-17,22-23H,2-5,7-8,10-11,13-14,18-20H2,1H3,(H,31,35). The Balaban J connectivity index is 1.43. The predicted octanol–water partition coefficient (Wildman–Crippen LogP) is 5.05. The molecule has 196 valence electrons. The fourth-order valence-electron chi connectivity index (χ4n) is 6.32. The predicted molar refractivity (Wildman–Crippen MR) is 144 cm³/mol.